The van der Waals surface area contributed by atoms with E-state index >= 15 is 0 Å². The summed E-state index contributed by atoms with van der Waals surface area (Å²) >= 11 is 1.53. The molecule has 0 spiro atoms. The van der Waals surface area contributed by atoms with Gasteiger partial charge in [0, 0.05) is 18.3 Å². The van der Waals surface area contributed by atoms with Crippen LogP contribution in [-0.4, -0.2) is 63.0 Å². The number of H-pyrrole nitrogens is 1. The van der Waals surface area contributed by atoms with Gasteiger partial charge in [0.25, 0.3) is 0 Å². The largest absolute Gasteiger partial charge is 0.480 e. The van der Waals surface area contributed by atoms with Crippen LogP contribution in [0.4, 0.5) is 0 Å². The lowest BCUT2D eigenvalue weighted by atomic mass is 9.99. The van der Waals surface area contributed by atoms with Crippen molar-refractivity contribution < 1.29 is 19.5 Å². The van der Waals surface area contributed by atoms with E-state index in [1.165, 1.54) is 24.3 Å². The van der Waals surface area contributed by atoms with Gasteiger partial charge in [-0.1, -0.05) is 20.3 Å². The second kappa shape index (κ2) is 11.6. The van der Waals surface area contributed by atoms with Crippen molar-refractivity contribution in [3.8, 4) is 0 Å². The van der Waals surface area contributed by atoms with E-state index in [4.69, 9.17) is 5.73 Å². The molecule has 1 rings (SSSR count). The van der Waals surface area contributed by atoms with Crippen LogP contribution in [-0.2, 0) is 20.8 Å². The Labute approximate surface area is 163 Å². The number of aromatic nitrogens is 2. The Balaban J connectivity index is 2.79. The number of carbonyl (C=O) groups is 3. The van der Waals surface area contributed by atoms with Crippen LogP contribution in [0.3, 0.4) is 0 Å². The highest BCUT2D eigenvalue weighted by molar-refractivity contribution is 7.98. The number of nitrogens with two attached hydrogens (primary N) is 1. The summed E-state index contributed by atoms with van der Waals surface area (Å²) in [4.78, 5) is 43.1. The second-order valence-electron chi connectivity index (χ2n) is 6.43. The number of carboxylic acid groups (broad SMARTS) is 1. The van der Waals surface area contributed by atoms with Crippen LogP contribution < -0.4 is 16.4 Å². The van der Waals surface area contributed by atoms with Crippen molar-refractivity contribution in [2.24, 2.45) is 11.7 Å². The molecule has 2 amide bonds. The average Bonchev–Trinajstić information content (AvgIpc) is 3.15. The molecular weight excluding hydrogens is 370 g/mol. The van der Waals surface area contributed by atoms with Gasteiger partial charge >= 0.3 is 5.97 Å². The van der Waals surface area contributed by atoms with E-state index in [-0.39, 0.29) is 12.3 Å². The first kappa shape index (κ1) is 23.0. The molecule has 0 saturated carbocycles. The Hall–Kier alpha value is -2.07. The summed E-state index contributed by atoms with van der Waals surface area (Å²) < 4.78 is 0. The highest BCUT2D eigenvalue weighted by atomic mass is 32.2. The van der Waals surface area contributed by atoms with Gasteiger partial charge in [-0.05, 0) is 24.3 Å². The Morgan fingerprint density at radius 1 is 1.30 bits per heavy atom. The zero-order chi connectivity index (χ0) is 20.4. The lowest BCUT2D eigenvalue weighted by molar-refractivity contribution is -0.142. The fraction of sp³-hybridized carbons (Fsp3) is 0.647. The van der Waals surface area contributed by atoms with Gasteiger partial charge in [-0.3, -0.25) is 9.59 Å². The number of thioether (sulfide) groups is 1. The summed E-state index contributed by atoms with van der Waals surface area (Å²) in [5.74, 6) is -1.51. The van der Waals surface area contributed by atoms with Crippen molar-refractivity contribution in [2.75, 3.05) is 12.0 Å². The molecule has 10 heteroatoms. The second-order valence-corrected chi connectivity index (χ2v) is 7.42. The van der Waals surface area contributed by atoms with Gasteiger partial charge in [-0.15, -0.1) is 0 Å². The molecule has 27 heavy (non-hydrogen) atoms. The third-order valence-electron chi connectivity index (χ3n) is 4.40. The van der Waals surface area contributed by atoms with Gasteiger partial charge in [0.15, 0.2) is 0 Å². The standard InChI is InChI=1S/C17H29N5O4S/c1-4-10(2)14(18)16(24)21-12(5-6-27-3)15(23)22-13(17(25)26)7-11-8-19-9-20-11/h8-10,12-14H,4-7,18H2,1-3H3,(H,19,20)(H,21,24)(H,22,23)(H,25,26)/t10-,12-,13-,14-/m0/s1. The first-order valence-electron chi connectivity index (χ1n) is 8.85. The summed E-state index contributed by atoms with van der Waals surface area (Å²) in [6, 6.07) is -2.70. The Morgan fingerprint density at radius 3 is 2.48 bits per heavy atom. The molecule has 0 aliphatic rings. The molecule has 0 aliphatic carbocycles. The SMILES string of the molecule is CC[C@H](C)[C@H](N)C(=O)N[C@@H](CCSC)C(=O)N[C@@H](Cc1cnc[nH]1)C(=O)O. The fourth-order valence-corrected chi connectivity index (χ4v) is 2.84. The molecule has 0 aliphatic heterocycles. The van der Waals surface area contributed by atoms with E-state index in [9.17, 15) is 19.5 Å². The van der Waals surface area contributed by atoms with E-state index in [1.807, 2.05) is 20.1 Å². The molecule has 1 aromatic heterocycles. The average molecular weight is 400 g/mol. The van der Waals surface area contributed by atoms with Gasteiger partial charge in [-0.2, -0.15) is 11.8 Å². The molecule has 0 fully saturated rings. The van der Waals surface area contributed by atoms with Crippen molar-refractivity contribution in [2.45, 2.75) is 51.2 Å². The number of nitrogens with zero attached hydrogens (tertiary/aromatic N) is 1. The molecule has 152 valence electrons. The van der Waals surface area contributed by atoms with E-state index in [0.717, 1.165) is 6.42 Å². The minimum Gasteiger partial charge on any atom is -0.480 e. The number of aromatic amines is 1. The van der Waals surface area contributed by atoms with Gasteiger partial charge in [-0.25, -0.2) is 9.78 Å². The smallest absolute Gasteiger partial charge is 0.326 e. The minimum atomic E-state index is -1.16. The molecule has 0 radical (unpaired) electrons. The van der Waals surface area contributed by atoms with Crippen LogP contribution in [0.25, 0.3) is 0 Å². The monoisotopic (exact) mass is 399 g/mol. The lowest BCUT2D eigenvalue weighted by Crippen LogP contribution is -2.56. The van der Waals surface area contributed by atoms with Crippen molar-refractivity contribution in [3.05, 3.63) is 18.2 Å². The predicted molar refractivity (Wildman–Crippen MR) is 104 cm³/mol. The number of nitrogens with one attached hydrogen (secondary N) is 3. The highest BCUT2D eigenvalue weighted by Gasteiger charge is 2.29. The molecule has 1 heterocycles. The summed E-state index contributed by atoms with van der Waals surface area (Å²) in [5.41, 5.74) is 6.52. The van der Waals surface area contributed by atoms with Gasteiger partial charge in [0.1, 0.15) is 12.1 Å². The van der Waals surface area contributed by atoms with Crippen molar-refractivity contribution in [1.29, 1.82) is 0 Å². The molecule has 0 saturated heterocycles. The van der Waals surface area contributed by atoms with Crippen LogP contribution in [0.15, 0.2) is 12.5 Å². The van der Waals surface area contributed by atoms with Gasteiger partial charge in [0.2, 0.25) is 11.8 Å². The third kappa shape index (κ3) is 7.59. The number of aliphatic carboxylic acids is 1. The van der Waals surface area contributed by atoms with Crippen LogP contribution in [0.5, 0.6) is 0 Å². The fourth-order valence-electron chi connectivity index (χ4n) is 2.37. The zero-order valence-electron chi connectivity index (χ0n) is 15.9. The lowest BCUT2D eigenvalue weighted by Gasteiger charge is -2.24. The maximum Gasteiger partial charge on any atom is 0.326 e. The minimum absolute atomic E-state index is 0.0265. The topological polar surface area (TPSA) is 150 Å². The van der Waals surface area contributed by atoms with Crippen LogP contribution in [0.1, 0.15) is 32.4 Å². The zero-order valence-corrected chi connectivity index (χ0v) is 16.7. The Morgan fingerprint density at radius 2 is 1.96 bits per heavy atom. The summed E-state index contributed by atoms with van der Waals surface area (Å²) in [6.45, 7) is 3.80. The molecule has 0 bridgehead atoms. The summed E-state index contributed by atoms with van der Waals surface area (Å²) in [6.07, 6.45) is 6.01. The van der Waals surface area contributed by atoms with Crippen LogP contribution >= 0.6 is 11.8 Å². The number of rotatable bonds is 12. The summed E-state index contributed by atoms with van der Waals surface area (Å²) in [5, 5.41) is 14.6. The van der Waals surface area contributed by atoms with Gasteiger partial charge < -0.3 is 26.5 Å². The predicted octanol–water partition coefficient (Wildman–Crippen LogP) is 0.133. The van der Waals surface area contributed by atoms with E-state index in [0.29, 0.717) is 17.9 Å². The maximum atomic E-state index is 12.6. The van der Waals surface area contributed by atoms with E-state index < -0.39 is 35.9 Å². The van der Waals surface area contributed by atoms with Crippen LogP contribution in [0.2, 0.25) is 0 Å². The number of hydrogen-bond acceptors (Lipinski definition) is 6. The summed E-state index contributed by atoms with van der Waals surface area (Å²) in [7, 11) is 0. The molecular formula is C17H29N5O4S. The van der Waals surface area contributed by atoms with Crippen molar-refractivity contribution in [3.63, 3.8) is 0 Å². The third-order valence-corrected chi connectivity index (χ3v) is 5.04. The molecule has 6 N–H and O–H groups in total. The van der Waals surface area contributed by atoms with Gasteiger partial charge in [0.05, 0.1) is 12.4 Å². The molecule has 0 unspecified atom stereocenters. The van der Waals surface area contributed by atoms with E-state index in [1.54, 1.807) is 0 Å². The number of amides is 2. The Kier molecular flexibility index (Phi) is 9.87. The molecule has 0 aromatic carbocycles. The number of imidazole rings is 1. The molecule has 1 aromatic rings. The quantitative estimate of drug-likeness (QED) is 0.335. The maximum absolute atomic E-state index is 12.6. The molecule has 9 nitrogen and oxygen atoms in total. The number of carboxylic acids is 1. The Bertz CT molecular complexity index is 610. The highest BCUT2D eigenvalue weighted by Crippen LogP contribution is 2.08. The van der Waals surface area contributed by atoms with Crippen molar-refractivity contribution in [1.82, 2.24) is 20.6 Å². The first-order chi connectivity index (χ1) is 12.8. The van der Waals surface area contributed by atoms with Crippen LogP contribution in [0, 0.1) is 5.92 Å². The first-order valence-corrected chi connectivity index (χ1v) is 10.2. The van der Waals surface area contributed by atoms with Crippen molar-refractivity contribution >= 4 is 29.5 Å². The normalized spacial score (nSPS) is 15.4. The van der Waals surface area contributed by atoms with E-state index in [2.05, 4.69) is 20.6 Å². The number of carbonyl (C=O) groups excluding carboxylic acids is 2. The number of hydrogen-bond donors (Lipinski definition) is 5. The molecule has 4 atom stereocenters.